The van der Waals surface area contributed by atoms with Crippen molar-refractivity contribution in [3.05, 3.63) is 83.0 Å². The van der Waals surface area contributed by atoms with Crippen LogP contribution in [-0.4, -0.2) is 25.4 Å². The van der Waals surface area contributed by atoms with Gasteiger partial charge < -0.3 is 5.73 Å². The molecule has 1 saturated carbocycles. The third kappa shape index (κ3) is 3.13. The number of primary amides is 1. The largest absolute Gasteiger partial charge is 0.366 e. The molecule has 2 aromatic carbocycles. The molecule has 0 saturated heterocycles. The molecule has 3 aromatic heterocycles. The Balaban J connectivity index is 1.74. The molecule has 6 nitrogen and oxygen atoms in total. The van der Waals surface area contributed by atoms with Gasteiger partial charge in [0.15, 0.2) is 5.82 Å². The molecular weight excluding hydrogens is 460 g/mol. The number of imidazole rings is 1. The van der Waals surface area contributed by atoms with Gasteiger partial charge in [-0.2, -0.15) is 4.39 Å². The number of halogens is 3. The fraction of sp³-hybridized carbons (Fsp3) is 0.120. The summed E-state index contributed by atoms with van der Waals surface area (Å²) in [5.74, 6) is -2.07. The number of rotatable bonds is 4. The average molecular weight is 476 g/mol. The first kappa shape index (κ1) is 20.7. The maximum Gasteiger partial charge on any atom is 0.250 e. The van der Waals surface area contributed by atoms with E-state index in [1.807, 2.05) is 22.8 Å². The summed E-state index contributed by atoms with van der Waals surface area (Å²) >= 11 is 6.40. The summed E-state index contributed by atoms with van der Waals surface area (Å²) in [7, 11) is 0. The first-order valence-corrected chi connectivity index (χ1v) is 11.0. The van der Waals surface area contributed by atoms with Gasteiger partial charge in [-0.25, -0.2) is 14.4 Å². The molecule has 1 fully saturated rings. The van der Waals surface area contributed by atoms with E-state index in [0.29, 0.717) is 27.1 Å². The molecule has 3 heterocycles. The summed E-state index contributed by atoms with van der Waals surface area (Å²) in [6.07, 6.45) is 4.74. The molecule has 1 amide bonds. The second-order valence-electron chi connectivity index (χ2n) is 8.26. The monoisotopic (exact) mass is 475 g/mol. The number of carbonyl (C=O) groups excluding carboxylic acids is 1. The summed E-state index contributed by atoms with van der Waals surface area (Å²) < 4.78 is 30.5. The van der Waals surface area contributed by atoms with Crippen molar-refractivity contribution in [2.24, 2.45) is 5.73 Å². The van der Waals surface area contributed by atoms with E-state index >= 15 is 0 Å². The molecule has 0 spiro atoms. The van der Waals surface area contributed by atoms with Gasteiger partial charge in [0.05, 0.1) is 27.3 Å². The molecule has 6 rings (SSSR count). The number of amides is 1. The molecule has 34 heavy (non-hydrogen) atoms. The van der Waals surface area contributed by atoms with Gasteiger partial charge in [-0.15, -0.1) is 0 Å². The van der Waals surface area contributed by atoms with E-state index in [2.05, 4.69) is 9.97 Å². The summed E-state index contributed by atoms with van der Waals surface area (Å²) in [5.41, 5.74) is 8.44. The van der Waals surface area contributed by atoms with Crippen LogP contribution in [0.5, 0.6) is 0 Å². The van der Waals surface area contributed by atoms with Crippen LogP contribution in [0.2, 0.25) is 5.02 Å². The van der Waals surface area contributed by atoms with Crippen molar-refractivity contribution in [3.63, 3.8) is 0 Å². The highest BCUT2D eigenvalue weighted by molar-refractivity contribution is 6.35. The minimum Gasteiger partial charge on any atom is -0.366 e. The molecule has 9 heteroatoms. The molecule has 0 atom stereocenters. The lowest BCUT2D eigenvalue weighted by Crippen LogP contribution is -2.12. The number of fused-ring (bicyclic) bond motifs is 2. The normalized spacial score (nSPS) is 13.6. The topological polar surface area (TPSA) is 86.7 Å². The summed E-state index contributed by atoms with van der Waals surface area (Å²) in [6, 6.07) is 11.8. The fourth-order valence-electron chi connectivity index (χ4n) is 4.37. The molecule has 5 aromatic rings. The Hall–Kier alpha value is -3.91. The molecule has 168 valence electrons. The van der Waals surface area contributed by atoms with Crippen LogP contribution < -0.4 is 5.73 Å². The third-order valence-corrected chi connectivity index (χ3v) is 6.40. The standard InChI is InChI=1S/C25H16ClF2N5O/c26-17-3-1-2-15-18(7-9-30-21(15)17)33-19-11-13(14-6-8-31-23(28)20(14)27)10-16(24(29)34)22(19)32-25(33)12-4-5-12/h1-3,6-12H,4-5H2,(H2,29,34). The van der Waals surface area contributed by atoms with Gasteiger partial charge in [0.1, 0.15) is 11.3 Å². The van der Waals surface area contributed by atoms with E-state index in [0.717, 1.165) is 29.7 Å². The van der Waals surface area contributed by atoms with Gasteiger partial charge in [0, 0.05) is 29.3 Å². The Morgan fingerprint density at radius 2 is 1.85 bits per heavy atom. The smallest absolute Gasteiger partial charge is 0.250 e. The van der Waals surface area contributed by atoms with Crippen LogP contribution in [0.4, 0.5) is 8.78 Å². The Morgan fingerprint density at radius 3 is 2.62 bits per heavy atom. The van der Waals surface area contributed by atoms with Crippen LogP contribution in [-0.2, 0) is 0 Å². The maximum atomic E-state index is 14.6. The first-order chi connectivity index (χ1) is 16.4. The second-order valence-corrected chi connectivity index (χ2v) is 8.67. The molecule has 1 aliphatic carbocycles. The average Bonchev–Trinajstić information content (AvgIpc) is 3.60. The number of nitrogens with zero attached hydrogens (tertiary/aromatic N) is 4. The zero-order chi connectivity index (χ0) is 23.6. The predicted octanol–water partition coefficient (Wildman–Crippen LogP) is 5.54. The van der Waals surface area contributed by atoms with Crippen molar-refractivity contribution >= 4 is 39.4 Å². The van der Waals surface area contributed by atoms with Crippen molar-refractivity contribution in [2.75, 3.05) is 0 Å². The Kier molecular flexibility index (Phi) is 4.60. The van der Waals surface area contributed by atoms with Gasteiger partial charge in [0.2, 0.25) is 5.95 Å². The zero-order valence-electron chi connectivity index (χ0n) is 17.6. The predicted molar refractivity (Wildman–Crippen MR) is 125 cm³/mol. The quantitative estimate of drug-likeness (QED) is 0.345. The van der Waals surface area contributed by atoms with Crippen molar-refractivity contribution in [3.8, 4) is 16.8 Å². The number of benzene rings is 2. The van der Waals surface area contributed by atoms with E-state index in [1.54, 1.807) is 18.3 Å². The van der Waals surface area contributed by atoms with Crippen molar-refractivity contribution in [1.29, 1.82) is 0 Å². The number of hydrogen-bond acceptors (Lipinski definition) is 4. The molecular formula is C25H16ClF2N5O. The minimum absolute atomic E-state index is 0.0275. The summed E-state index contributed by atoms with van der Waals surface area (Å²) in [5, 5.41) is 1.30. The van der Waals surface area contributed by atoms with Gasteiger partial charge in [0.25, 0.3) is 5.91 Å². The Bertz CT molecular complexity index is 1640. The first-order valence-electron chi connectivity index (χ1n) is 10.6. The van der Waals surface area contributed by atoms with E-state index < -0.39 is 17.7 Å². The second kappa shape index (κ2) is 7.56. The fourth-order valence-corrected chi connectivity index (χ4v) is 4.59. The Morgan fingerprint density at radius 1 is 1.06 bits per heavy atom. The van der Waals surface area contributed by atoms with E-state index in [1.165, 1.54) is 18.3 Å². The SMILES string of the molecule is NC(=O)c1cc(-c2ccnc(F)c2F)cc2c1nc(C1CC1)n2-c1ccnc2c(Cl)cccc12. The van der Waals surface area contributed by atoms with E-state index in [-0.39, 0.29) is 17.0 Å². The lowest BCUT2D eigenvalue weighted by Gasteiger charge is -2.13. The van der Waals surface area contributed by atoms with Crippen molar-refractivity contribution in [2.45, 2.75) is 18.8 Å². The van der Waals surface area contributed by atoms with Gasteiger partial charge in [-0.05, 0) is 48.7 Å². The van der Waals surface area contributed by atoms with Gasteiger partial charge in [-0.3, -0.25) is 14.3 Å². The summed E-state index contributed by atoms with van der Waals surface area (Å²) in [6.45, 7) is 0. The van der Waals surface area contributed by atoms with Crippen LogP contribution >= 0.6 is 11.6 Å². The van der Waals surface area contributed by atoms with E-state index in [4.69, 9.17) is 22.3 Å². The lowest BCUT2D eigenvalue weighted by molar-refractivity contribution is 0.100. The van der Waals surface area contributed by atoms with Crippen LogP contribution in [0.25, 0.3) is 38.8 Å². The van der Waals surface area contributed by atoms with Gasteiger partial charge in [-0.1, -0.05) is 23.7 Å². The van der Waals surface area contributed by atoms with Crippen LogP contribution in [0.3, 0.4) is 0 Å². The highest BCUT2D eigenvalue weighted by Crippen LogP contribution is 2.44. The van der Waals surface area contributed by atoms with E-state index in [9.17, 15) is 13.6 Å². The van der Waals surface area contributed by atoms with Crippen molar-refractivity contribution in [1.82, 2.24) is 19.5 Å². The van der Waals surface area contributed by atoms with Crippen LogP contribution in [0.15, 0.2) is 54.9 Å². The number of aromatic nitrogens is 4. The molecule has 0 radical (unpaired) electrons. The highest BCUT2D eigenvalue weighted by atomic mass is 35.5. The van der Waals surface area contributed by atoms with Gasteiger partial charge >= 0.3 is 0 Å². The number of hydrogen-bond donors (Lipinski definition) is 1. The third-order valence-electron chi connectivity index (χ3n) is 6.09. The zero-order valence-corrected chi connectivity index (χ0v) is 18.4. The molecule has 1 aliphatic rings. The molecule has 0 aliphatic heterocycles. The van der Waals surface area contributed by atoms with Crippen molar-refractivity contribution < 1.29 is 13.6 Å². The summed E-state index contributed by atoms with van der Waals surface area (Å²) in [4.78, 5) is 25.0. The number of carbonyl (C=O) groups is 1. The maximum absolute atomic E-state index is 14.6. The minimum atomic E-state index is -1.22. The Labute approximate surface area is 197 Å². The number of pyridine rings is 2. The highest BCUT2D eigenvalue weighted by Gasteiger charge is 2.32. The number of nitrogens with two attached hydrogens (primary N) is 1. The number of para-hydroxylation sites is 1. The van der Waals surface area contributed by atoms with Crippen LogP contribution in [0, 0.1) is 11.8 Å². The molecule has 0 unspecified atom stereocenters. The molecule has 0 bridgehead atoms. The molecule has 2 N–H and O–H groups in total. The lowest BCUT2D eigenvalue weighted by atomic mass is 10.0. The van der Waals surface area contributed by atoms with Crippen LogP contribution in [0.1, 0.15) is 34.9 Å².